The minimum absolute atomic E-state index is 0.186. The first-order valence-corrected chi connectivity index (χ1v) is 7.98. The highest BCUT2D eigenvalue weighted by atomic mass is 32.1. The van der Waals surface area contributed by atoms with Crippen molar-refractivity contribution in [1.82, 2.24) is 5.43 Å². The molecule has 0 aliphatic carbocycles. The summed E-state index contributed by atoms with van der Waals surface area (Å²) >= 11 is 1.60. The van der Waals surface area contributed by atoms with E-state index in [0.29, 0.717) is 5.56 Å². The summed E-state index contributed by atoms with van der Waals surface area (Å²) in [5.74, 6) is -0.186. The van der Waals surface area contributed by atoms with Crippen LogP contribution in [0.5, 0.6) is 0 Å². The van der Waals surface area contributed by atoms with Crippen molar-refractivity contribution < 1.29 is 4.79 Å². The summed E-state index contributed by atoms with van der Waals surface area (Å²) in [5.41, 5.74) is 5.35. The first-order chi connectivity index (χ1) is 10.3. The summed E-state index contributed by atoms with van der Waals surface area (Å²) in [7, 11) is 0. The summed E-state index contributed by atoms with van der Waals surface area (Å²) < 4.78 is 0. The largest absolute Gasteiger partial charge is 0.372 e. The molecule has 1 aliphatic heterocycles. The molecule has 1 fully saturated rings. The van der Waals surface area contributed by atoms with Crippen LogP contribution in [0.4, 0.5) is 5.69 Å². The van der Waals surface area contributed by atoms with Gasteiger partial charge in [-0.3, -0.25) is 4.79 Å². The molecule has 0 saturated carbocycles. The molecule has 4 nitrogen and oxygen atoms in total. The number of thiophene rings is 1. The second kappa shape index (κ2) is 6.54. The fourth-order valence-corrected chi connectivity index (χ4v) is 2.99. The number of nitrogens with one attached hydrogen (secondary N) is 1. The van der Waals surface area contributed by atoms with Crippen LogP contribution in [0.25, 0.3) is 0 Å². The first kappa shape index (κ1) is 13.8. The molecule has 3 rings (SSSR count). The van der Waals surface area contributed by atoms with Gasteiger partial charge in [-0.15, -0.1) is 0 Å². The van der Waals surface area contributed by atoms with Crippen LogP contribution in [0.1, 0.15) is 28.8 Å². The van der Waals surface area contributed by atoms with E-state index in [1.165, 1.54) is 18.5 Å². The Morgan fingerprint density at radius 2 is 1.95 bits per heavy atom. The Hall–Kier alpha value is -2.14. The molecule has 108 valence electrons. The Balaban J connectivity index is 1.59. The molecular formula is C16H17N3OS. The predicted molar refractivity (Wildman–Crippen MR) is 87.3 cm³/mol. The fourth-order valence-electron chi connectivity index (χ4n) is 2.38. The van der Waals surface area contributed by atoms with Gasteiger partial charge in [-0.25, -0.2) is 5.43 Å². The lowest BCUT2D eigenvalue weighted by molar-refractivity contribution is 0.0955. The molecule has 21 heavy (non-hydrogen) atoms. The Bertz CT molecular complexity index is 613. The third kappa shape index (κ3) is 3.49. The van der Waals surface area contributed by atoms with Gasteiger partial charge in [0.15, 0.2) is 0 Å². The van der Waals surface area contributed by atoms with Gasteiger partial charge in [0.05, 0.1) is 6.21 Å². The number of carbonyl (C=O) groups excluding carboxylic acids is 1. The molecule has 0 atom stereocenters. The van der Waals surface area contributed by atoms with Crippen LogP contribution < -0.4 is 10.3 Å². The van der Waals surface area contributed by atoms with E-state index in [1.807, 2.05) is 41.1 Å². The average molecular weight is 299 g/mol. The summed E-state index contributed by atoms with van der Waals surface area (Å²) in [6.45, 7) is 2.22. The fraction of sp³-hybridized carbons (Fsp3) is 0.250. The SMILES string of the molecule is O=C(N/N=C\c1ccsc1)c1ccc(N2CCCC2)cc1. The van der Waals surface area contributed by atoms with E-state index in [2.05, 4.69) is 15.4 Å². The third-order valence-corrected chi connectivity index (χ3v) is 4.23. The molecule has 0 unspecified atom stereocenters. The highest BCUT2D eigenvalue weighted by Crippen LogP contribution is 2.20. The lowest BCUT2D eigenvalue weighted by Crippen LogP contribution is -2.19. The molecule has 1 aromatic heterocycles. The smallest absolute Gasteiger partial charge is 0.271 e. The van der Waals surface area contributed by atoms with Gasteiger partial charge in [-0.1, -0.05) is 0 Å². The van der Waals surface area contributed by atoms with E-state index in [9.17, 15) is 4.79 Å². The van der Waals surface area contributed by atoms with Crippen molar-refractivity contribution >= 4 is 29.1 Å². The van der Waals surface area contributed by atoms with E-state index < -0.39 is 0 Å². The maximum absolute atomic E-state index is 12.0. The van der Waals surface area contributed by atoms with E-state index in [1.54, 1.807) is 17.6 Å². The van der Waals surface area contributed by atoms with E-state index in [-0.39, 0.29) is 5.91 Å². The molecular weight excluding hydrogens is 282 g/mol. The number of nitrogens with zero attached hydrogens (tertiary/aromatic N) is 2. The van der Waals surface area contributed by atoms with Crippen molar-refractivity contribution in [2.45, 2.75) is 12.8 Å². The number of hydrogen-bond donors (Lipinski definition) is 1. The number of carbonyl (C=O) groups is 1. The van der Waals surface area contributed by atoms with Crippen LogP contribution in [0.15, 0.2) is 46.2 Å². The van der Waals surface area contributed by atoms with Crippen molar-refractivity contribution in [2.75, 3.05) is 18.0 Å². The number of hydrogen-bond acceptors (Lipinski definition) is 4. The number of amides is 1. The molecule has 0 bridgehead atoms. The van der Waals surface area contributed by atoms with Gasteiger partial charge < -0.3 is 4.90 Å². The summed E-state index contributed by atoms with van der Waals surface area (Å²) in [6, 6.07) is 9.66. The van der Waals surface area contributed by atoms with Crippen LogP contribution in [0.3, 0.4) is 0 Å². The molecule has 1 aromatic carbocycles. The molecule has 5 heteroatoms. The molecule has 0 radical (unpaired) electrons. The zero-order valence-electron chi connectivity index (χ0n) is 11.7. The van der Waals surface area contributed by atoms with Gasteiger partial charge in [-0.2, -0.15) is 16.4 Å². The van der Waals surface area contributed by atoms with Crippen molar-refractivity contribution in [1.29, 1.82) is 0 Å². The molecule has 1 N–H and O–H groups in total. The van der Waals surface area contributed by atoms with E-state index in [0.717, 1.165) is 18.7 Å². The van der Waals surface area contributed by atoms with Gasteiger partial charge in [0, 0.05) is 29.9 Å². The average Bonchev–Trinajstić information content (AvgIpc) is 3.21. The number of benzene rings is 1. The molecule has 0 spiro atoms. The lowest BCUT2D eigenvalue weighted by atomic mass is 10.2. The van der Waals surface area contributed by atoms with Crippen LogP contribution in [0, 0.1) is 0 Å². The molecule has 1 aliphatic rings. The summed E-state index contributed by atoms with van der Waals surface area (Å²) in [5, 5.41) is 7.91. The van der Waals surface area contributed by atoms with Gasteiger partial charge >= 0.3 is 0 Å². The predicted octanol–water partition coefficient (Wildman–Crippen LogP) is 3.11. The van der Waals surface area contributed by atoms with E-state index in [4.69, 9.17) is 0 Å². The second-order valence-electron chi connectivity index (χ2n) is 5.00. The third-order valence-electron chi connectivity index (χ3n) is 3.52. The van der Waals surface area contributed by atoms with E-state index >= 15 is 0 Å². The zero-order chi connectivity index (χ0) is 14.5. The molecule has 2 heterocycles. The van der Waals surface area contributed by atoms with Crippen LogP contribution in [-0.4, -0.2) is 25.2 Å². The summed E-state index contributed by atoms with van der Waals surface area (Å²) in [6.07, 6.45) is 4.14. The van der Waals surface area contributed by atoms with Crippen molar-refractivity contribution in [3.8, 4) is 0 Å². The molecule has 1 saturated heterocycles. The zero-order valence-corrected chi connectivity index (χ0v) is 12.5. The van der Waals surface area contributed by atoms with Crippen molar-refractivity contribution in [3.63, 3.8) is 0 Å². The van der Waals surface area contributed by atoms with Gasteiger partial charge in [0.2, 0.25) is 0 Å². The normalized spacial score (nSPS) is 14.8. The van der Waals surface area contributed by atoms with Gasteiger partial charge in [0.1, 0.15) is 0 Å². The van der Waals surface area contributed by atoms with Crippen LogP contribution in [0.2, 0.25) is 0 Å². The van der Waals surface area contributed by atoms with Gasteiger partial charge in [-0.05, 0) is 53.9 Å². The van der Waals surface area contributed by atoms with Gasteiger partial charge in [0.25, 0.3) is 5.91 Å². The highest BCUT2D eigenvalue weighted by Gasteiger charge is 2.12. The molecule has 2 aromatic rings. The number of rotatable bonds is 4. The number of anilines is 1. The lowest BCUT2D eigenvalue weighted by Gasteiger charge is -2.17. The number of hydrazone groups is 1. The highest BCUT2D eigenvalue weighted by molar-refractivity contribution is 7.08. The van der Waals surface area contributed by atoms with Crippen molar-refractivity contribution in [3.05, 3.63) is 52.2 Å². The second-order valence-corrected chi connectivity index (χ2v) is 5.78. The van der Waals surface area contributed by atoms with Crippen molar-refractivity contribution in [2.24, 2.45) is 5.10 Å². The van der Waals surface area contributed by atoms with Crippen LogP contribution in [-0.2, 0) is 0 Å². The monoisotopic (exact) mass is 299 g/mol. The van der Waals surface area contributed by atoms with Crippen LogP contribution >= 0.6 is 11.3 Å². The maximum Gasteiger partial charge on any atom is 0.271 e. The first-order valence-electron chi connectivity index (χ1n) is 7.03. The quantitative estimate of drug-likeness (QED) is 0.696. The Morgan fingerprint density at radius 1 is 1.19 bits per heavy atom. The standard InChI is InChI=1S/C16H17N3OS/c20-16(18-17-11-13-7-10-21-12-13)14-3-5-15(6-4-14)19-8-1-2-9-19/h3-7,10-12H,1-2,8-9H2,(H,18,20)/b17-11-. The Kier molecular flexibility index (Phi) is 4.31. The maximum atomic E-state index is 12.0. The molecule has 1 amide bonds. The topological polar surface area (TPSA) is 44.7 Å². The minimum atomic E-state index is -0.186. The Morgan fingerprint density at radius 3 is 2.62 bits per heavy atom. The summed E-state index contributed by atoms with van der Waals surface area (Å²) in [4.78, 5) is 14.3. The minimum Gasteiger partial charge on any atom is -0.372 e. The Labute approximate surface area is 128 Å².